The van der Waals surface area contributed by atoms with Gasteiger partial charge in [0.2, 0.25) is 0 Å². The number of nitrogens with zero attached hydrogens (tertiary/aromatic N) is 2. The van der Waals surface area contributed by atoms with Crippen LogP contribution in [0.1, 0.15) is 28.4 Å². The minimum atomic E-state index is 0.924. The lowest BCUT2D eigenvalue weighted by atomic mass is 10.4. The number of aromatic nitrogens is 1. The number of aryl methyl sites for hydroxylation is 2. The fraction of sp³-hybridized carbons (Fsp3) is 0.750. The van der Waals surface area contributed by atoms with Gasteiger partial charge in [0.15, 0.2) is 0 Å². The van der Waals surface area contributed by atoms with E-state index in [0.717, 1.165) is 13.1 Å². The van der Waals surface area contributed by atoms with Gasteiger partial charge in [-0.2, -0.15) is 0 Å². The lowest BCUT2D eigenvalue weighted by Gasteiger charge is -2.14. The molecule has 1 aromatic heterocycles. The Hall–Kier alpha value is -0.450. The van der Waals surface area contributed by atoms with Crippen LogP contribution in [0, 0.1) is 13.8 Å². The molecule has 0 aliphatic carbocycles. The summed E-state index contributed by atoms with van der Waals surface area (Å²) in [5, 5.41) is 4.69. The maximum absolute atomic E-state index is 4.52. The molecule has 1 aliphatic rings. The van der Waals surface area contributed by atoms with E-state index in [2.05, 4.69) is 29.0 Å². The number of rotatable bonds is 5. The monoisotopic (exact) mass is 239 g/mol. The molecule has 1 aromatic rings. The normalized spacial score (nSPS) is 17.1. The molecule has 0 amide bonds. The Kier molecular flexibility index (Phi) is 4.32. The van der Waals surface area contributed by atoms with E-state index in [-0.39, 0.29) is 0 Å². The fourth-order valence-corrected chi connectivity index (χ4v) is 2.96. The number of likely N-dealkylation sites (tertiary alicyclic amines) is 1. The van der Waals surface area contributed by atoms with Gasteiger partial charge < -0.3 is 10.2 Å². The highest BCUT2D eigenvalue weighted by atomic mass is 32.1. The summed E-state index contributed by atoms with van der Waals surface area (Å²) in [6.07, 6.45) is 2.76. The van der Waals surface area contributed by atoms with Gasteiger partial charge in [-0.1, -0.05) is 0 Å². The Labute approximate surface area is 102 Å². The van der Waals surface area contributed by atoms with Crippen molar-refractivity contribution in [2.24, 2.45) is 0 Å². The second kappa shape index (κ2) is 5.75. The molecule has 3 nitrogen and oxygen atoms in total. The third-order valence-electron chi connectivity index (χ3n) is 3.15. The second-order valence-corrected chi connectivity index (χ2v) is 5.76. The van der Waals surface area contributed by atoms with Gasteiger partial charge >= 0.3 is 0 Å². The van der Waals surface area contributed by atoms with Crippen molar-refractivity contribution in [3.63, 3.8) is 0 Å². The van der Waals surface area contributed by atoms with E-state index in [1.807, 2.05) is 11.3 Å². The number of nitrogens with one attached hydrogen (secondary N) is 1. The first-order chi connectivity index (χ1) is 7.75. The average Bonchev–Trinajstić information content (AvgIpc) is 2.85. The third-order valence-corrected chi connectivity index (χ3v) is 4.23. The van der Waals surface area contributed by atoms with Gasteiger partial charge in [0.25, 0.3) is 0 Å². The summed E-state index contributed by atoms with van der Waals surface area (Å²) >= 11 is 1.81. The van der Waals surface area contributed by atoms with Gasteiger partial charge in [-0.3, -0.25) is 0 Å². The molecular formula is C12H21N3S. The Morgan fingerprint density at radius 2 is 2.06 bits per heavy atom. The highest BCUT2D eigenvalue weighted by Gasteiger charge is 2.10. The summed E-state index contributed by atoms with van der Waals surface area (Å²) < 4.78 is 0. The number of thiazole rings is 1. The molecule has 0 atom stereocenters. The standard InChI is InChI=1S/C12H21N3S/c1-10-11(2)16-12(14-10)9-13-5-8-15-6-3-4-7-15/h13H,3-9H2,1-2H3. The molecule has 1 aliphatic heterocycles. The summed E-state index contributed by atoms with van der Waals surface area (Å²) in [7, 11) is 0. The third kappa shape index (κ3) is 3.27. The van der Waals surface area contributed by atoms with E-state index in [9.17, 15) is 0 Å². The van der Waals surface area contributed by atoms with E-state index >= 15 is 0 Å². The molecule has 2 heterocycles. The molecule has 0 radical (unpaired) electrons. The molecule has 0 spiro atoms. The van der Waals surface area contributed by atoms with Crippen LogP contribution >= 0.6 is 11.3 Å². The first-order valence-electron chi connectivity index (χ1n) is 6.11. The zero-order chi connectivity index (χ0) is 11.4. The lowest BCUT2D eigenvalue weighted by molar-refractivity contribution is 0.335. The molecule has 2 rings (SSSR count). The van der Waals surface area contributed by atoms with Crippen LogP contribution in [0.5, 0.6) is 0 Å². The van der Waals surface area contributed by atoms with Gasteiger partial charge in [-0.25, -0.2) is 4.98 Å². The van der Waals surface area contributed by atoms with Crippen LogP contribution in [0.4, 0.5) is 0 Å². The molecule has 16 heavy (non-hydrogen) atoms. The van der Waals surface area contributed by atoms with Gasteiger partial charge in [-0.15, -0.1) is 11.3 Å². The highest BCUT2D eigenvalue weighted by molar-refractivity contribution is 7.11. The summed E-state index contributed by atoms with van der Waals surface area (Å²) in [4.78, 5) is 8.40. The van der Waals surface area contributed by atoms with Crippen LogP contribution in [-0.2, 0) is 6.54 Å². The molecule has 1 fully saturated rings. The van der Waals surface area contributed by atoms with Crippen molar-refractivity contribution in [1.29, 1.82) is 0 Å². The van der Waals surface area contributed by atoms with Crippen molar-refractivity contribution in [3.05, 3.63) is 15.6 Å². The van der Waals surface area contributed by atoms with E-state index in [1.54, 1.807) is 0 Å². The van der Waals surface area contributed by atoms with Crippen molar-refractivity contribution in [1.82, 2.24) is 15.2 Å². The van der Waals surface area contributed by atoms with Gasteiger partial charge in [0.1, 0.15) is 5.01 Å². The molecule has 0 aromatic carbocycles. The van der Waals surface area contributed by atoms with Gasteiger partial charge in [0.05, 0.1) is 5.69 Å². The zero-order valence-corrected chi connectivity index (χ0v) is 11.1. The molecule has 4 heteroatoms. The zero-order valence-electron chi connectivity index (χ0n) is 10.3. The van der Waals surface area contributed by atoms with Crippen LogP contribution in [-0.4, -0.2) is 36.1 Å². The largest absolute Gasteiger partial charge is 0.309 e. The van der Waals surface area contributed by atoms with E-state index < -0.39 is 0 Å². The van der Waals surface area contributed by atoms with Crippen LogP contribution < -0.4 is 5.32 Å². The summed E-state index contributed by atoms with van der Waals surface area (Å²) in [6, 6.07) is 0. The minimum absolute atomic E-state index is 0.924. The SMILES string of the molecule is Cc1nc(CNCCN2CCCC2)sc1C. The average molecular weight is 239 g/mol. The smallest absolute Gasteiger partial charge is 0.107 e. The molecule has 90 valence electrons. The first kappa shape index (κ1) is 12.0. The topological polar surface area (TPSA) is 28.2 Å². The quantitative estimate of drug-likeness (QED) is 0.796. The Balaban J connectivity index is 1.64. The van der Waals surface area contributed by atoms with Crippen molar-refractivity contribution in [2.45, 2.75) is 33.2 Å². The van der Waals surface area contributed by atoms with Crippen molar-refractivity contribution < 1.29 is 0 Å². The highest BCUT2D eigenvalue weighted by Crippen LogP contribution is 2.15. The molecule has 1 saturated heterocycles. The molecule has 0 unspecified atom stereocenters. The predicted octanol–water partition coefficient (Wildman–Crippen LogP) is 1.95. The first-order valence-corrected chi connectivity index (χ1v) is 6.93. The van der Waals surface area contributed by atoms with Crippen LogP contribution in [0.2, 0.25) is 0 Å². The second-order valence-electron chi connectivity index (χ2n) is 4.47. The van der Waals surface area contributed by atoms with E-state index in [1.165, 1.54) is 48.1 Å². The summed E-state index contributed by atoms with van der Waals surface area (Å²) in [5.41, 5.74) is 1.18. The van der Waals surface area contributed by atoms with Gasteiger partial charge in [-0.05, 0) is 39.8 Å². The molecule has 1 N–H and O–H groups in total. The van der Waals surface area contributed by atoms with Crippen molar-refractivity contribution >= 4 is 11.3 Å². The minimum Gasteiger partial charge on any atom is -0.309 e. The maximum Gasteiger partial charge on any atom is 0.107 e. The predicted molar refractivity (Wildman–Crippen MR) is 69.0 cm³/mol. The Morgan fingerprint density at radius 1 is 1.31 bits per heavy atom. The Bertz CT molecular complexity index is 310. The number of hydrogen-bond donors (Lipinski definition) is 1. The summed E-state index contributed by atoms with van der Waals surface area (Å²) in [6.45, 7) is 9.99. The van der Waals surface area contributed by atoms with Crippen LogP contribution in [0.3, 0.4) is 0 Å². The molecular weight excluding hydrogens is 218 g/mol. The van der Waals surface area contributed by atoms with Crippen molar-refractivity contribution in [2.75, 3.05) is 26.2 Å². The maximum atomic E-state index is 4.52. The van der Waals surface area contributed by atoms with Crippen LogP contribution in [0.25, 0.3) is 0 Å². The Morgan fingerprint density at radius 3 is 2.69 bits per heavy atom. The van der Waals surface area contributed by atoms with E-state index in [4.69, 9.17) is 0 Å². The van der Waals surface area contributed by atoms with Crippen LogP contribution in [0.15, 0.2) is 0 Å². The summed E-state index contributed by atoms with van der Waals surface area (Å²) in [5.74, 6) is 0. The molecule has 0 bridgehead atoms. The van der Waals surface area contributed by atoms with Crippen molar-refractivity contribution in [3.8, 4) is 0 Å². The fourth-order valence-electron chi connectivity index (χ4n) is 2.05. The number of hydrogen-bond acceptors (Lipinski definition) is 4. The van der Waals surface area contributed by atoms with Gasteiger partial charge in [0, 0.05) is 24.5 Å². The van der Waals surface area contributed by atoms with E-state index in [0.29, 0.717) is 0 Å². The lowest BCUT2D eigenvalue weighted by Crippen LogP contribution is -2.29. The molecule has 0 saturated carbocycles.